The van der Waals surface area contributed by atoms with Gasteiger partial charge in [0.05, 0.1) is 6.61 Å². The van der Waals surface area contributed by atoms with Crippen molar-refractivity contribution in [1.82, 2.24) is 14.3 Å². The zero-order valence-electron chi connectivity index (χ0n) is 10.8. The van der Waals surface area contributed by atoms with Gasteiger partial charge in [-0.2, -0.15) is 12.7 Å². The number of rotatable bonds is 6. The van der Waals surface area contributed by atoms with Gasteiger partial charge in [-0.15, -0.1) is 0 Å². The Morgan fingerprint density at radius 3 is 2.83 bits per heavy atom. The molecule has 0 bridgehead atoms. The van der Waals surface area contributed by atoms with Crippen LogP contribution in [-0.4, -0.2) is 57.5 Å². The van der Waals surface area contributed by atoms with Gasteiger partial charge in [0.1, 0.15) is 6.04 Å². The first kappa shape index (κ1) is 15.4. The fourth-order valence-electron chi connectivity index (χ4n) is 1.73. The molecule has 1 saturated heterocycles. The maximum atomic E-state index is 12.0. The minimum Gasteiger partial charge on any atom is -0.465 e. The molecule has 1 aliphatic rings. The molecule has 1 aliphatic heterocycles. The Hall–Kier alpha value is -0.700. The van der Waals surface area contributed by atoms with Crippen molar-refractivity contribution in [2.45, 2.75) is 26.3 Å². The van der Waals surface area contributed by atoms with E-state index in [0.29, 0.717) is 19.5 Å². The third-order valence-corrected chi connectivity index (χ3v) is 4.22. The lowest BCUT2D eigenvalue weighted by Gasteiger charge is -2.33. The number of carbonyl (C=O) groups excluding carboxylic acids is 1. The zero-order chi connectivity index (χ0) is 13.6. The molecule has 1 rings (SSSR count). The smallest absolute Gasteiger partial charge is 0.325 e. The van der Waals surface area contributed by atoms with Crippen molar-refractivity contribution in [3.63, 3.8) is 0 Å². The number of ether oxygens (including phenoxy) is 1. The zero-order valence-corrected chi connectivity index (χ0v) is 11.6. The third kappa shape index (κ3) is 3.91. The summed E-state index contributed by atoms with van der Waals surface area (Å²) in [4.78, 5) is 11.7. The molecule has 0 aliphatic carbocycles. The molecule has 1 heterocycles. The fourth-order valence-corrected chi connectivity index (χ4v) is 3.18. The molecule has 2 N–H and O–H groups in total. The van der Waals surface area contributed by atoms with Crippen LogP contribution in [0.3, 0.4) is 0 Å². The van der Waals surface area contributed by atoms with Crippen LogP contribution in [0.4, 0.5) is 0 Å². The summed E-state index contributed by atoms with van der Waals surface area (Å²) in [6.07, 6.45) is 0.704. The van der Waals surface area contributed by atoms with Crippen molar-refractivity contribution < 1.29 is 17.9 Å². The second-order valence-electron chi connectivity index (χ2n) is 3.98. The molecule has 0 amide bonds. The van der Waals surface area contributed by atoms with Gasteiger partial charge in [0, 0.05) is 26.2 Å². The molecule has 0 saturated carbocycles. The lowest BCUT2D eigenvalue weighted by Crippen LogP contribution is -2.59. The Balaban J connectivity index is 2.78. The van der Waals surface area contributed by atoms with Crippen LogP contribution in [0.5, 0.6) is 0 Å². The van der Waals surface area contributed by atoms with Gasteiger partial charge in [-0.1, -0.05) is 6.92 Å². The van der Waals surface area contributed by atoms with Crippen molar-refractivity contribution in [1.29, 1.82) is 0 Å². The van der Waals surface area contributed by atoms with E-state index in [-0.39, 0.29) is 19.7 Å². The first-order valence-electron chi connectivity index (χ1n) is 6.16. The lowest BCUT2D eigenvalue weighted by atomic mass is 10.2. The predicted molar refractivity (Wildman–Crippen MR) is 67.2 cm³/mol. The van der Waals surface area contributed by atoms with E-state index in [0.717, 1.165) is 0 Å². The fraction of sp³-hybridized carbons (Fsp3) is 0.900. The molecular weight excluding hydrogens is 258 g/mol. The van der Waals surface area contributed by atoms with E-state index in [4.69, 9.17) is 4.74 Å². The molecule has 1 atom stereocenters. The standard InChI is InChI=1S/C10H21N3O4S/c1-3-5-12-18(15,16)13-7-6-11-8-9(13)10(14)17-4-2/h9,11-12H,3-8H2,1-2H3. The van der Waals surface area contributed by atoms with Crippen molar-refractivity contribution in [2.24, 2.45) is 0 Å². The monoisotopic (exact) mass is 279 g/mol. The molecule has 0 aromatic carbocycles. The highest BCUT2D eigenvalue weighted by Gasteiger charge is 2.37. The van der Waals surface area contributed by atoms with E-state index in [1.54, 1.807) is 6.92 Å². The summed E-state index contributed by atoms with van der Waals surface area (Å²) in [7, 11) is -3.62. The molecule has 0 aromatic heterocycles. The Labute approximate surface area is 108 Å². The second kappa shape index (κ2) is 7.03. The van der Waals surface area contributed by atoms with Crippen molar-refractivity contribution in [3.8, 4) is 0 Å². The maximum Gasteiger partial charge on any atom is 0.325 e. The van der Waals surface area contributed by atoms with E-state index in [1.165, 1.54) is 4.31 Å². The molecule has 7 nitrogen and oxygen atoms in total. The van der Waals surface area contributed by atoms with Gasteiger partial charge in [-0.3, -0.25) is 4.79 Å². The predicted octanol–water partition coefficient (Wildman–Crippen LogP) is -0.932. The molecule has 1 fully saturated rings. The normalized spacial score (nSPS) is 21.8. The minimum absolute atomic E-state index is 0.242. The largest absolute Gasteiger partial charge is 0.465 e. The van der Waals surface area contributed by atoms with Crippen LogP contribution in [0.15, 0.2) is 0 Å². The second-order valence-corrected chi connectivity index (χ2v) is 5.69. The van der Waals surface area contributed by atoms with Crippen molar-refractivity contribution >= 4 is 16.2 Å². The molecule has 18 heavy (non-hydrogen) atoms. The van der Waals surface area contributed by atoms with Gasteiger partial charge in [0.25, 0.3) is 10.2 Å². The summed E-state index contributed by atoms with van der Waals surface area (Å²) in [6, 6.07) is -0.784. The molecule has 1 unspecified atom stereocenters. The summed E-state index contributed by atoms with van der Waals surface area (Å²) < 4.78 is 32.6. The van der Waals surface area contributed by atoms with E-state index in [9.17, 15) is 13.2 Å². The van der Waals surface area contributed by atoms with Crippen molar-refractivity contribution in [2.75, 3.05) is 32.8 Å². The van der Waals surface area contributed by atoms with E-state index >= 15 is 0 Å². The number of esters is 1. The van der Waals surface area contributed by atoms with E-state index in [1.807, 2.05) is 6.92 Å². The molecular formula is C10H21N3O4S. The lowest BCUT2D eigenvalue weighted by molar-refractivity contribution is -0.148. The molecule has 8 heteroatoms. The summed E-state index contributed by atoms with van der Waals surface area (Å²) in [5.74, 6) is -0.508. The molecule has 106 valence electrons. The average Bonchev–Trinajstić information content (AvgIpc) is 2.37. The Kier molecular flexibility index (Phi) is 6.00. The van der Waals surface area contributed by atoms with Crippen molar-refractivity contribution in [3.05, 3.63) is 0 Å². The maximum absolute atomic E-state index is 12.0. The van der Waals surface area contributed by atoms with Crippen LogP contribution >= 0.6 is 0 Å². The topological polar surface area (TPSA) is 87.7 Å². The van der Waals surface area contributed by atoms with Gasteiger partial charge < -0.3 is 10.1 Å². The molecule has 0 aromatic rings. The van der Waals surface area contributed by atoms with Crippen LogP contribution in [-0.2, 0) is 19.7 Å². The van der Waals surface area contributed by atoms with Gasteiger partial charge in [-0.05, 0) is 13.3 Å². The van der Waals surface area contributed by atoms with Crippen LogP contribution in [0, 0.1) is 0 Å². The number of carbonyl (C=O) groups is 1. The highest BCUT2D eigenvalue weighted by Crippen LogP contribution is 2.10. The summed E-state index contributed by atoms with van der Waals surface area (Å²) in [6.45, 7) is 5.26. The number of nitrogens with one attached hydrogen (secondary N) is 2. The van der Waals surface area contributed by atoms with Gasteiger partial charge >= 0.3 is 5.97 Å². The first-order valence-corrected chi connectivity index (χ1v) is 7.60. The van der Waals surface area contributed by atoms with Crippen LogP contribution in [0.1, 0.15) is 20.3 Å². The van der Waals surface area contributed by atoms with E-state index in [2.05, 4.69) is 10.0 Å². The van der Waals surface area contributed by atoms with E-state index < -0.39 is 22.2 Å². The van der Waals surface area contributed by atoms with Crippen LogP contribution in [0.2, 0.25) is 0 Å². The number of hydrogen-bond donors (Lipinski definition) is 2. The first-order chi connectivity index (χ1) is 8.53. The Bertz CT molecular complexity index is 371. The Morgan fingerprint density at radius 2 is 2.22 bits per heavy atom. The Morgan fingerprint density at radius 1 is 1.50 bits per heavy atom. The quantitative estimate of drug-likeness (QED) is 0.613. The molecule has 0 spiro atoms. The van der Waals surface area contributed by atoms with Gasteiger partial charge in [0.15, 0.2) is 0 Å². The van der Waals surface area contributed by atoms with Gasteiger partial charge in [0.2, 0.25) is 0 Å². The number of piperazine rings is 1. The minimum atomic E-state index is -3.62. The highest BCUT2D eigenvalue weighted by molar-refractivity contribution is 7.87. The SMILES string of the molecule is CCCNS(=O)(=O)N1CCNCC1C(=O)OCC. The average molecular weight is 279 g/mol. The summed E-state index contributed by atoms with van der Waals surface area (Å²) >= 11 is 0. The van der Waals surface area contributed by atoms with Crippen LogP contribution in [0.25, 0.3) is 0 Å². The highest BCUT2D eigenvalue weighted by atomic mass is 32.2. The number of hydrogen-bond acceptors (Lipinski definition) is 5. The van der Waals surface area contributed by atoms with Gasteiger partial charge in [-0.25, -0.2) is 4.72 Å². The number of nitrogens with zero attached hydrogens (tertiary/aromatic N) is 1. The molecule has 0 radical (unpaired) electrons. The van der Waals surface area contributed by atoms with Crippen LogP contribution < -0.4 is 10.0 Å². The third-order valence-electron chi connectivity index (χ3n) is 2.60. The summed E-state index contributed by atoms with van der Waals surface area (Å²) in [5, 5.41) is 3.00. The summed E-state index contributed by atoms with van der Waals surface area (Å²) in [5.41, 5.74) is 0.